The molecule has 0 aromatic heterocycles. The molecule has 3 fully saturated rings. The first-order valence-corrected chi connectivity index (χ1v) is 7.81. The molecule has 4 nitrogen and oxygen atoms in total. The van der Waals surface area contributed by atoms with Gasteiger partial charge in [0, 0.05) is 19.0 Å². The standard InChI is InChI=1S/C16H21NO3/c18-14(13-7-10-3-4-11(13)6-10)17-8-12-2-1-5-16(12,9-17)15(19)20/h3-4,10-13H,1-2,5-9H2,(H,19,20)/t10?,11?,12-,13?,16+/m0/s1. The quantitative estimate of drug-likeness (QED) is 0.783. The molecule has 20 heavy (non-hydrogen) atoms. The van der Waals surface area contributed by atoms with E-state index in [1.165, 1.54) is 0 Å². The zero-order chi connectivity index (χ0) is 13.9. The zero-order valence-corrected chi connectivity index (χ0v) is 11.6. The van der Waals surface area contributed by atoms with E-state index in [0.29, 0.717) is 24.9 Å². The third-order valence-electron chi connectivity index (χ3n) is 6.20. The Morgan fingerprint density at radius 2 is 2.10 bits per heavy atom. The highest BCUT2D eigenvalue weighted by Crippen LogP contribution is 2.51. The number of carbonyl (C=O) groups is 2. The van der Waals surface area contributed by atoms with Crippen molar-refractivity contribution in [2.75, 3.05) is 13.1 Å². The molecule has 1 saturated heterocycles. The first kappa shape index (κ1) is 12.4. The number of aliphatic carboxylic acids is 1. The fourth-order valence-electron chi connectivity index (χ4n) is 5.11. The molecule has 0 aromatic carbocycles. The fraction of sp³-hybridized carbons (Fsp3) is 0.750. The van der Waals surface area contributed by atoms with Crippen LogP contribution in [0.1, 0.15) is 32.1 Å². The average molecular weight is 275 g/mol. The van der Waals surface area contributed by atoms with Crippen LogP contribution in [0.3, 0.4) is 0 Å². The van der Waals surface area contributed by atoms with E-state index in [9.17, 15) is 14.7 Å². The molecule has 0 radical (unpaired) electrons. The lowest BCUT2D eigenvalue weighted by molar-refractivity contribution is -0.149. The van der Waals surface area contributed by atoms with E-state index in [2.05, 4.69) is 12.2 Å². The zero-order valence-electron chi connectivity index (χ0n) is 11.6. The molecular weight excluding hydrogens is 254 g/mol. The van der Waals surface area contributed by atoms with Crippen molar-refractivity contribution in [3.63, 3.8) is 0 Å². The van der Waals surface area contributed by atoms with Crippen molar-refractivity contribution in [1.29, 1.82) is 0 Å². The SMILES string of the molecule is O=C(C1CC2C=CC1C2)N1C[C@@H]2CCC[C@@]2(C(=O)O)C1. The number of rotatable bonds is 2. The largest absolute Gasteiger partial charge is 0.481 e. The van der Waals surface area contributed by atoms with Crippen LogP contribution in [0.25, 0.3) is 0 Å². The van der Waals surface area contributed by atoms with Gasteiger partial charge < -0.3 is 10.0 Å². The minimum Gasteiger partial charge on any atom is -0.481 e. The maximum absolute atomic E-state index is 12.7. The van der Waals surface area contributed by atoms with E-state index in [-0.39, 0.29) is 17.7 Å². The van der Waals surface area contributed by atoms with Crippen molar-refractivity contribution in [2.24, 2.45) is 29.1 Å². The summed E-state index contributed by atoms with van der Waals surface area (Å²) < 4.78 is 0. The number of carbonyl (C=O) groups excluding carboxylic acids is 1. The highest BCUT2D eigenvalue weighted by molar-refractivity contribution is 5.83. The summed E-state index contributed by atoms with van der Waals surface area (Å²) in [5.74, 6) is 0.825. The molecule has 4 heteroatoms. The maximum Gasteiger partial charge on any atom is 0.311 e. The number of fused-ring (bicyclic) bond motifs is 3. The molecule has 1 N–H and O–H groups in total. The van der Waals surface area contributed by atoms with Gasteiger partial charge in [0.2, 0.25) is 5.91 Å². The average Bonchev–Trinajstić information content (AvgIpc) is 3.15. The molecule has 0 spiro atoms. The third-order valence-corrected chi connectivity index (χ3v) is 6.20. The molecule has 1 aliphatic heterocycles. The monoisotopic (exact) mass is 275 g/mol. The molecule has 2 saturated carbocycles. The van der Waals surface area contributed by atoms with Gasteiger partial charge in [-0.25, -0.2) is 0 Å². The number of allylic oxidation sites excluding steroid dienone is 2. The van der Waals surface area contributed by atoms with Crippen LogP contribution in [0.4, 0.5) is 0 Å². The van der Waals surface area contributed by atoms with Crippen LogP contribution in [0, 0.1) is 29.1 Å². The van der Waals surface area contributed by atoms with Gasteiger partial charge in [-0.15, -0.1) is 0 Å². The summed E-state index contributed by atoms with van der Waals surface area (Å²) in [5, 5.41) is 9.60. The summed E-state index contributed by atoms with van der Waals surface area (Å²) in [6.07, 6.45) is 9.24. The van der Waals surface area contributed by atoms with Crippen molar-refractivity contribution in [1.82, 2.24) is 4.90 Å². The Bertz CT molecular complexity index is 500. The van der Waals surface area contributed by atoms with Crippen LogP contribution in [-0.2, 0) is 9.59 Å². The van der Waals surface area contributed by atoms with Crippen LogP contribution in [0.5, 0.6) is 0 Å². The lowest BCUT2D eigenvalue weighted by atomic mass is 9.81. The van der Waals surface area contributed by atoms with E-state index in [0.717, 1.165) is 32.1 Å². The minimum atomic E-state index is -0.692. The Hall–Kier alpha value is -1.32. The normalized spacial score (nSPS) is 45.1. The summed E-state index contributed by atoms with van der Waals surface area (Å²) in [4.78, 5) is 26.3. The molecular formula is C16H21NO3. The smallest absolute Gasteiger partial charge is 0.311 e. The predicted molar refractivity (Wildman–Crippen MR) is 72.8 cm³/mol. The van der Waals surface area contributed by atoms with Gasteiger partial charge in [-0.1, -0.05) is 18.6 Å². The summed E-state index contributed by atoms with van der Waals surface area (Å²) in [5.41, 5.74) is -0.636. The molecule has 2 bridgehead atoms. The van der Waals surface area contributed by atoms with Crippen molar-refractivity contribution < 1.29 is 14.7 Å². The highest BCUT2D eigenvalue weighted by Gasteiger charge is 2.56. The molecule has 0 aromatic rings. The van der Waals surface area contributed by atoms with Crippen LogP contribution >= 0.6 is 0 Å². The maximum atomic E-state index is 12.7. The minimum absolute atomic E-state index is 0.120. The number of likely N-dealkylation sites (tertiary alicyclic amines) is 1. The number of hydrogen-bond donors (Lipinski definition) is 1. The van der Waals surface area contributed by atoms with Gasteiger partial charge >= 0.3 is 5.97 Å². The van der Waals surface area contributed by atoms with Gasteiger partial charge in [0.1, 0.15) is 0 Å². The lowest BCUT2D eigenvalue weighted by Gasteiger charge is -2.26. The van der Waals surface area contributed by atoms with E-state index in [1.54, 1.807) is 0 Å². The van der Waals surface area contributed by atoms with Crippen LogP contribution in [-0.4, -0.2) is 35.0 Å². The number of carboxylic acid groups (broad SMARTS) is 1. The third kappa shape index (κ3) is 1.54. The van der Waals surface area contributed by atoms with Gasteiger partial charge in [-0.3, -0.25) is 9.59 Å². The molecule has 3 unspecified atom stereocenters. The Kier molecular flexibility index (Phi) is 2.54. The van der Waals surface area contributed by atoms with Crippen LogP contribution in [0.2, 0.25) is 0 Å². The summed E-state index contributed by atoms with van der Waals surface area (Å²) in [6.45, 7) is 1.12. The predicted octanol–water partition coefficient (Wildman–Crippen LogP) is 1.91. The van der Waals surface area contributed by atoms with Gasteiger partial charge in [-0.2, -0.15) is 0 Å². The van der Waals surface area contributed by atoms with E-state index in [4.69, 9.17) is 0 Å². The number of carboxylic acids is 1. The summed E-state index contributed by atoms with van der Waals surface area (Å²) in [7, 11) is 0. The topological polar surface area (TPSA) is 57.6 Å². The molecule has 5 atom stereocenters. The second-order valence-electron chi connectivity index (χ2n) is 7.16. The second kappa shape index (κ2) is 4.09. The summed E-state index contributed by atoms with van der Waals surface area (Å²) >= 11 is 0. The highest BCUT2D eigenvalue weighted by atomic mass is 16.4. The molecule has 4 rings (SSSR count). The van der Waals surface area contributed by atoms with Crippen molar-refractivity contribution in [2.45, 2.75) is 32.1 Å². The van der Waals surface area contributed by atoms with E-state index < -0.39 is 11.4 Å². The van der Waals surface area contributed by atoms with Gasteiger partial charge in [0.25, 0.3) is 0 Å². The number of nitrogens with zero attached hydrogens (tertiary/aromatic N) is 1. The summed E-state index contributed by atoms with van der Waals surface area (Å²) in [6, 6.07) is 0. The van der Waals surface area contributed by atoms with Gasteiger partial charge in [0.15, 0.2) is 0 Å². The Labute approximate surface area is 118 Å². The van der Waals surface area contributed by atoms with Crippen molar-refractivity contribution in [3.8, 4) is 0 Å². The van der Waals surface area contributed by atoms with Crippen LogP contribution < -0.4 is 0 Å². The molecule has 1 heterocycles. The van der Waals surface area contributed by atoms with Crippen LogP contribution in [0.15, 0.2) is 12.2 Å². The van der Waals surface area contributed by atoms with Crippen molar-refractivity contribution in [3.05, 3.63) is 12.2 Å². The van der Waals surface area contributed by atoms with Crippen molar-refractivity contribution >= 4 is 11.9 Å². The van der Waals surface area contributed by atoms with Gasteiger partial charge in [0.05, 0.1) is 5.41 Å². The number of hydrogen-bond acceptors (Lipinski definition) is 2. The molecule has 3 aliphatic carbocycles. The lowest BCUT2D eigenvalue weighted by Crippen LogP contribution is -2.40. The first-order valence-electron chi connectivity index (χ1n) is 7.81. The Balaban J connectivity index is 1.52. The molecule has 1 amide bonds. The molecule has 4 aliphatic rings. The fourth-order valence-corrected chi connectivity index (χ4v) is 5.11. The Morgan fingerprint density at radius 1 is 1.25 bits per heavy atom. The number of amides is 1. The molecule has 108 valence electrons. The second-order valence-corrected chi connectivity index (χ2v) is 7.16. The Morgan fingerprint density at radius 3 is 2.70 bits per heavy atom. The first-order chi connectivity index (χ1) is 9.60. The van der Waals surface area contributed by atoms with E-state index >= 15 is 0 Å². The van der Waals surface area contributed by atoms with E-state index in [1.807, 2.05) is 4.90 Å². The van der Waals surface area contributed by atoms with Gasteiger partial charge in [-0.05, 0) is 43.4 Å².